The molecular weight excluding hydrogens is 156 g/mol. The molecule has 2 aliphatic rings. The average Bonchev–Trinajstić information content (AvgIpc) is 2.50. The highest BCUT2D eigenvalue weighted by Gasteiger charge is 2.36. The van der Waals surface area contributed by atoms with Crippen molar-refractivity contribution in [3.8, 4) is 0 Å². The zero-order valence-corrected chi connectivity index (χ0v) is 7.08. The number of ether oxygens (including phenoxy) is 2. The molecule has 3 heteroatoms. The molecule has 2 rings (SSSR count). The molecule has 66 valence electrons. The van der Waals surface area contributed by atoms with Gasteiger partial charge in [0.2, 0.25) is 0 Å². The van der Waals surface area contributed by atoms with Crippen LogP contribution in [0.1, 0.15) is 19.8 Å². The van der Waals surface area contributed by atoms with E-state index in [1.54, 1.807) is 6.08 Å². The Kier molecular flexibility index (Phi) is 1.98. The lowest BCUT2D eigenvalue weighted by molar-refractivity contribution is -0.117. The van der Waals surface area contributed by atoms with Crippen molar-refractivity contribution in [2.45, 2.75) is 32.0 Å². The fraction of sp³-hybridized carbons (Fsp3) is 0.667. The number of carbonyl (C=O) groups excluding carboxylic acids is 1. The highest BCUT2D eigenvalue weighted by Crippen LogP contribution is 2.28. The van der Waals surface area contributed by atoms with Crippen LogP contribution in [0.4, 0.5) is 0 Å². The van der Waals surface area contributed by atoms with Crippen molar-refractivity contribution in [3.63, 3.8) is 0 Å². The highest BCUT2D eigenvalue weighted by molar-refractivity contribution is 5.92. The third kappa shape index (κ3) is 1.19. The Labute approximate surface area is 71.3 Å². The highest BCUT2D eigenvalue weighted by atomic mass is 16.7. The molecule has 0 bridgehead atoms. The van der Waals surface area contributed by atoms with Gasteiger partial charge in [-0.3, -0.25) is 4.79 Å². The molecule has 0 N–H and O–H groups in total. The van der Waals surface area contributed by atoms with Crippen LogP contribution in [0.5, 0.6) is 0 Å². The summed E-state index contributed by atoms with van der Waals surface area (Å²) in [6, 6.07) is 0. The molecule has 12 heavy (non-hydrogen) atoms. The Hall–Kier alpha value is -0.670. The van der Waals surface area contributed by atoms with Crippen molar-refractivity contribution >= 4 is 5.78 Å². The van der Waals surface area contributed by atoms with Crippen LogP contribution in [-0.2, 0) is 14.3 Å². The summed E-state index contributed by atoms with van der Waals surface area (Å²) in [4.78, 5) is 11.2. The normalized spacial score (nSPS) is 34.8. The molecule has 0 radical (unpaired) electrons. The summed E-state index contributed by atoms with van der Waals surface area (Å²) in [6.07, 6.45) is 3.09. The van der Waals surface area contributed by atoms with Gasteiger partial charge in [0.1, 0.15) is 12.9 Å². The summed E-state index contributed by atoms with van der Waals surface area (Å²) in [5.41, 5.74) is 1.08. The van der Waals surface area contributed by atoms with Crippen LogP contribution in [-0.4, -0.2) is 24.8 Å². The van der Waals surface area contributed by atoms with Gasteiger partial charge in [0.25, 0.3) is 0 Å². The van der Waals surface area contributed by atoms with E-state index in [9.17, 15) is 4.79 Å². The minimum atomic E-state index is -0.0163. The first-order valence-electron chi connectivity index (χ1n) is 4.27. The van der Waals surface area contributed by atoms with E-state index in [0.717, 1.165) is 12.0 Å². The second-order valence-corrected chi connectivity index (χ2v) is 3.15. The fourth-order valence-electron chi connectivity index (χ4n) is 1.76. The van der Waals surface area contributed by atoms with Crippen LogP contribution < -0.4 is 0 Å². The zero-order chi connectivity index (χ0) is 8.55. The van der Waals surface area contributed by atoms with Crippen LogP contribution in [0.2, 0.25) is 0 Å². The third-order valence-electron chi connectivity index (χ3n) is 2.39. The van der Waals surface area contributed by atoms with Gasteiger partial charge in [0.05, 0.1) is 6.10 Å². The van der Waals surface area contributed by atoms with E-state index in [1.165, 1.54) is 0 Å². The quantitative estimate of drug-likeness (QED) is 0.586. The lowest BCUT2D eigenvalue weighted by Crippen LogP contribution is -2.31. The SMILES string of the molecule is CCC1=CC(=O)C[C@H]2OCO[C@@H]12. The van der Waals surface area contributed by atoms with Crippen LogP contribution in [0, 0.1) is 0 Å². The van der Waals surface area contributed by atoms with Gasteiger partial charge in [-0.15, -0.1) is 0 Å². The van der Waals surface area contributed by atoms with Gasteiger partial charge < -0.3 is 9.47 Å². The monoisotopic (exact) mass is 168 g/mol. The maximum absolute atomic E-state index is 11.2. The van der Waals surface area contributed by atoms with E-state index in [-0.39, 0.29) is 18.0 Å². The number of allylic oxidation sites excluding steroid dienone is 1. The first-order valence-corrected chi connectivity index (χ1v) is 4.27. The van der Waals surface area contributed by atoms with E-state index in [2.05, 4.69) is 0 Å². The zero-order valence-electron chi connectivity index (χ0n) is 7.08. The molecule has 1 aliphatic carbocycles. The summed E-state index contributed by atoms with van der Waals surface area (Å²) in [5, 5.41) is 0. The third-order valence-corrected chi connectivity index (χ3v) is 2.39. The number of hydrogen-bond acceptors (Lipinski definition) is 3. The Morgan fingerprint density at radius 2 is 2.42 bits per heavy atom. The second-order valence-electron chi connectivity index (χ2n) is 3.15. The fourth-order valence-corrected chi connectivity index (χ4v) is 1.76. The molecule has 1 saturated heterocycles. The molecule has 0 saturated carbocycles. The molecule has 0 aromatic heterocycles. The Morgan fingerprint density at radius 1 is 1.58 bits per heavy atom. The van der Waals surface area contributed by atoms with Crippen molar-refractivity contribution in [2.24, 2.45) is 0 Å². The Morgan fingerprint density at radius 3 is 3.17 bits per heavy atom. The molecule has 0 aromatic rings. The average molecular weight is 168 g/mol. The van der Waals surface area contributed by atoms with E-state index < -0.39 is 0 Å². The van der Waals surface area contributed by atoms with Crippen LogP contribution in [0.15, 0.2) is 11.6 Å². The van der Waals surface area contributed by atoms with E-state index in [1.807, 2.05) is 6.92 Å². The second kappa shape index (κ2) is 2.99. The predicted molar refractivity (Wildman–Crippen MR) is 42.6 cm³/mol. The summed E-state index contributed by atoms with van der Waals surface area (Å²) < 4.78 is 10.6. The number of ketones is 1. The van der Waals surface area contributed by atoms with E-state index in [0.29, 0.717) is 13.2 Å². The van der Waals surface area contributed by atoms with Crippen molar-refractivity contribution in [3.05, 3.63) is 11.6 Å². The smallest absolute Gasteiger partial charge is 0.158 e. The van der Waals surface area contributed by atoms with Crippen molar-refractivity contribution in [1.82, 2.24) is 0 Å². The molecule has 3 nitrogen and oxygen atoms in total. The van der Waals surface area contributed by atoms with Gasteiger partial charge in [-0.25, -0.2) is 0 Å². The van der Waals surface area contributed by atoms with E-state index in [4.69, 9.17) is 9.47 Å². The van der Waals surface area contributed by atoms with Crippen LogP contribution in [0.25, 0.3) is 0 Å². The molecule has 0 amide bonds. The molecule has 2 atom stereocenters. The van der Waals surface area contributed by atoms with Crippen molar-refractivity contribution < 1.29 is 14.3 Å². The van der Waals surface area contributed by atoms with Gasteiger partial charge in [0.15, 0.2) is 5.78 Å². The maximum atomic E-state index is 11.2. The van der Waals surface area contributed by atoms with Gasteiger partial charge in [-0.05, 0) is 18.1 Å². The molecule has 0 unspecified atom stereocenters. The molecule has 1 heterocycles. The number of carbonyl (C=O) groups is 1. The molecule has 0 aromatic carbocycles. The minimum absolute atomic E-state index is 0.0163. The van der Waals surface area contributed by atoms with Gasteiger partial charge in [-0.1, -0.05) is 6.92 Å². The molecular formula is C9H12O3. The number of rotatable bonds is 1. The summed E-state index contributed by atoms with van der Waals surface area (Å²) >= 11 is 0. The number of fused-ring (bicyclic) bond motifs is 1. The summed E-state index contributed by atoms with van der Waals surface area (Å²) in [7, 11) is 0. The molecule has 1 fully saturated rings. The first kappa shape index (κ1) is 7.95. The molecule has 1 aliphatic heterocycles. The molecule has 0 spiro atoms. The first-order chi connectivity index (χ1) is 5.81. The van der Waals surface area contributed by atoms with Crippen molar-refractivity contribution in [2.75, 3.05) is 6.79 Å². The Bertz CT molecular complexity index is 232. The predicted octanol–water partition coefficient (Wildman–Crippen LogP) is 1.04. The van der Waals surface area contributed by atoms with Gasteiger partial charge in [-0.2, -0.15) is 0 Å². The van der Waals surface area contributed by atoms with Gasteiger partial charge >= 0.3 is 0 Å². The minimum Gasteiger partial charge on any atom is -0.349 e. The maximum Gasteiger partial charge on any atom is 0.158 e. The van der Waals surface area contributed by atoms with Gasteiger partial charge in [0, 0.05) is 6.42 Å². The lowest BCUT2D eigenvalue weighted by atomic mass is 9.91. The summed E-state index contributed by atoms with van der Waals surface area (Å²) in [6.45, 7) is 2.36. The summed E-state index contributed by atoms with van der Waals surface area (Å²) in [5.74, 6) is 0.165. The van der Waals surface area contributed by atoms with Crippen LogP contribution >= 0.6 is 0 Å². The standard InChI is InChI=1S/C9H12O3/c1-2-6-3-7(10)4-8-9(6)12-5-11-8/h3,8-9H,2,4-5H2,1H3/t8-,9+/m1/s1. The largest absolute Gasteiger partial charge is 0.349 e. The topological polar surface area (TPSA) is 35.5 Å². The van der Waals surface area contributed by atoms with Crippen molar-refractivity contribution in [1.29, 1.82) is 0 Å². The Balaban J connectivity index is 2.23. The number of hydrogen-bond donors (Lipinski definition) is 0. The van der Waals surface area contributed by atoms with Crippen LogP contribution in [0.3, 0.4) is 0 Å². The van der Waals surface area contributed by atoms with E-state index >= 15 is 0 Å². The lowest BCUT2D eigenvalue weighted by Gasteiger charge is -2.22.